The SMILES string of the molecule is COc1ccc(C2CC(=O)c3cn4nc(SCc5cccc(C)c5)nc4nc3C2)c(OC)c1. The van der Waals surface area contributed by atoms with Crippen LogP contribution in [0.3, 0.4) is 0 Å². The Balaban J connectivity index is 1.41. The summed E-state index contributed by atoms with van der Waals surface area (Å²) in [4.78, 5) is 22.3. The molecule has 33 heavy (non-hydrogen) atoms. The first-order chi connectivity index (χ1) is 16.0. The molecule has 0 spiro atoms. The number of aromatic nitrogens is 4. The molecule has 2 aromatic heterocycles. The summed E-state index contributed by atoms with van der Waals surface area (Å²) in [6.45, 7) is 2.08. The lowest BCUT2D eigenvalue weighted by Gasteiger charge is -2.24. The molecule has 168 valence electrons. The zero-order chi connectivity index (χ0) is 22.9. The molecular formula is C25H24N4O3S. The van der Waals surface area contributed by atoms with Gasteiger partial charge in [-0.3, -0.25) is 4.79 Å². The van der Waals surface area contributed by atoms with Crippen molar-refractivity contribution in [3.8, 4) is 11.5 Å². The highest BCUT2D eigenvalue weighted by Gasteiger charge is 2.30. The standard InChI is InChI=1S/C25H24N4O3S/c1-15-5-4-6-16(9-15)14-33-25-27-24-26-21-10-17(11-22(30)20(21)13-29(24)28-25)19-8-7-18(31-2)12-23(19)32-3/h4-9,12-13,17H,10-11,14H2,1-3H3. The molecule has 0 saturated carbocycles. The van der Waals surface area contributed by atoms with Crippen LogP contribution in [-0.4, -0.2) is 39.6 Å². The van der Waals surface area contributed by atoms with Crippen molar-refractivity contribution < 1.29 is 14.3 Å². The van der Waals surface area contributed by atoms with Crippen molar-refractivity contribution in [2.45, 2.75) is 36.6 Å². The van der Waals surface area contributed by atoms with Crippen LogP contribution in [0.15, 0.2) is 53.8 Å². The number of hydrogen-bond acceptors (Lipinski definition) is 7. The van der Waals surface area contributed by atoms with Crippen LogP contribution in [0.25, 0.3) is 5.78 Å². The monoisotopic (exact) mass is 460 g/mol. The van der Waals surface area contributed by atoms with E-state index in [9.17, 15) is 4.79 Å². The lowest BCUT2D eigenvalue weighted by atomic mass is 9.82. The molecule has 0 bridgehead atoms. The van der Waals surface area contributed by atoms with Crippen molar-refractivity contribution in [1.82, 2.24) is 19.6 Å². The average Bonchev–Trinajstić information content (AvgIpc) is 3.23. The number of Topliss-reactive ketones (excluding diaryl/α,β-unsaturated/α-hetero) is 1. The van der Waals surface area contributed by atoms with Crippen molar-refractivity contribution in [2.75, 3.05) is 14.2 Å². The van der Waals surface area contributed by atoms with Gasteiger partial charge in [-0.15, -0.1) is 5.10 Å². The molecular weight excluding hydrogens is 436 g/mol. The molecule has 0 radical (unpaired) electrons. The van der Waals surface area contributed by atoms with Gasteiger partial charge in [0.05, 0.1) is 25.5 Å². The first-order valence-electron chi connectivity index (χ1n) is 10.7. The topological polar surface area (TPSA) is 78.6 Å². The third kappa shape index (κ3) is 4.30. The van der Waals surface area contributed by atoms with E-state index in [0.717, 1.165) is 22.8 Å². The second-order valence-corrected chi connectivity index (χ2v) is 9.10. The molecule has 8 heteroatoms. The largest absolute Gasteiger partial charge is 0.497 e. The van der Waals surface area contributed by atoms with Gasteiger partial charge in [0.25, 0.3) is 5.78 Å². The lowest BCUT2D eigenvalue weighted by Crippen LogP contribution is -2.21. The number of methoxy groups -OCH3 is 2. The van der Waals surface area contributed by atoms with Crippen LogP contribution in [0.2, 0.25) is 0 Å². The van der Waals surface area contributed by atoms with E-state index in [1.165, 1.54) is 11.1 Å². The van der Waals surface area contributed by atoms with Gasteiger partial charge in [-0.1, -0.05) is 47.7 Å². The average molecular weight is 461 g/mol. The molecule has 0 aliphatic heterocycles. The summed E-state index contributed by atoms with van der Waals surface area (Å²) >= 11 is 1.56. The van der Waals surface area contributed by atoms with E-state index in [-0.39, 0.29) is 11.7 Å². The Kier molecular flexibility index (Phi) is 5.76. The Bertz CT molecular complexity index is 1350. The molecule has 1 unspecified atom stereocenters. The number of hydrogen-bond donors (Lipinski definition) is 0. The number of carbonyl (C=O) groups is 1. The predicted molar refractivity (Wildman–Crippen MR) is 126 cm³/mol. The van der Waals surface area contributed by atoms with Gasteiger partial charge < -0.3 is 9.47 Å². The predicted octanol–water partition coefficient (Wildman–Crippen LogP) is 4.65. The summed E-state index contributed by atoms with van der Waals surface area (Å²) < 4.78 is 12.5. The maximum atomic E-state index is 13.0. The molecule has 4 aromatic rings. The smallest absolute Gasteiger partial charge is 0.253 e. The number of thioether (sulfide) groups is 1. The van der Waals surface area contributed by atoms with Crippen molar-refractivity contribution in [3.63, 3.8) is 0 Å². The maximum absolute atomic E-state index is 13.0. The highest BCUT2D eigenvalue weighted by molar-refractivity contribution is 7.98. The van der Waals surface area contributed by atoms with Gasteiger partial charge in [0, 0.05) is 30.4 Å². The molecule has 2 heterocycles. The minimum absolute atomic E-state index is 0.0149. The van der Waals surface area contributed by atoms with Crippen LogP contribution >= 0.6 is 11.8 Å². The van der Waals surface area contributed by atoms with Crippen LogP contribution in [0.4, 0.5) is 0 Å². The Morgan fingerprint density at radius 3 is 2.76 bits per heavy atom. The summed E-state index contributed by atoms with van der Waals surface area (Å²) in [6.07, 6.45) is 2.80. The molecule has 0 amide bonds. The van der Waals surface area contributed by atoms with Gasteiger partial charge in [-0.2, -0.15) is 4.98 Å². The maximum Gasteiger partial charge on any atom is 0.253 e. The molecule has 5 rings (SSSR count). The summed E-state index contributed by atoms with van der Waals surface area (Å²) in [6, 6.07) is 14.1. The Labute approximate surface area is 196 Å². The number of fused-ring (bicyclic) bond motifs is 2. The molecule has 0 N–H and O–H groups in total. The molecule has 1 atom stereocenters. The Morgan fingerprint density at radius 1 is 1.09 bits per heavy atom. The third-order valence-corrected chi connectivity index (χ3v) is 6.80. The van der Waals surface area contributed by atoms with Gasteiger partial charge >= 0.3 is 0 Å². The molecule has 1 aliphatic carbocycles. The number of nitrogens with zero attached hydrogens (tertiary/aromatic N) is 4. The molecule has 1 aliphatic rings. The second kappa shape index (κ2) is 8.86. The zero-order valence-corrected chi connectivity index (χ0v) is 19.6. The van der Waals surface area contributed by atoms with Gasteiger partial charge in [0.1, 0.15) is 11.5 Å². The fraction of sp³-hybridized carbons (Fsp3) is 0.280. The minimum Gasteiger partial charge on any atom is -0.497 e. The van der Waals surface area contributed by atoms with Crippen molar-refractivity contribution in [3.05, 3.63) is 76.6 Å². The van der Waals surface area contributed by atoms with Crippen LogP contribution in [-0.2, 0) is 12.2 Å². The summed E-state index contributed by atoms with van der Waals surface area (Å²) in [5, 5.41) is 5.18. The van der Waals surface area contributed by atoms with Crippen LogP contribution in [0, 0.1) is 6.92 Å². The van der Waals surface area contributed by atoms with Crippen LogP contribution in [0.5, 0.6) is 11.5 Å². The van der Waals surface area contributed by atoms with Crippen LogP contribution < -0.4 is 9.47 Å². The molecule has 0 saturated heterocycles. The van der Waals surface area contributed by atoms with E-state index in [4.69, 9.17) is 14.5 Å². The molecule has 0 fully saturated rings. The van der Waals surface area contributed by atoms with Crippen LogP contribution in [0.1, 0.15) is 45.1 Å². The molecule has 2 aromatic carbocycles. The third-order valence-electron chi connectivity index (χ3n) is 5.89. The number of carbonyl (C=O) groups excluding carboxylic acids is 1. The lowest BCUT2D eigenvalue weighted by molar-refractivity contribution is 0.0962. The van der Waals surface area contributed by atoms with Crippen molar-refractivity contribution in [1.29, 1.82) is 0 Å². The fourth-order valence-corrected chi connectivity index (χ4v) is 5.02. The fourth-order valence-electron chi connectivity index (χ4n) is 4.25. The summed E-state index contributed by atoms with van der Waals surface area (Å²) in [5.41, 5.74) is 4.80. The van der Waals surface area contributed by atoms with Crippen molar-refractivity contribution in [2.24, 2.45) is 0 Å². The number of rotatable bonds is 6. The number of benzene rings is 2. The normalized spacial score (nSPS) is 15.5. The quantitative estimate of drug-likeness (QED) is 0.387. The van der Waals surface area contributed by atoms with E-state index in [1.54, 1.807) is 36.7 Å². The summed E-state index contributed by atoms with van der Waals surface area (Å²) in [5.74, 6) is 2.76. The van der Waals surface area contributed by atoms with E-state index in [1.807, 2.05) is 18.2 Å². The van der Waals surface area contributed by atoms with Gasteiger partial charge in [0.2, 0.25) is 5.16 Å². The second-order valence-electron chi connectivity index (χ2n) is 8.15. The highest BCUT2D eigenvalue weighted by atomic mass is 32.2. The number of aryl methyl sites for hydroxylation is 1. The zero-order valence-electron chi connectivity index (χ0n) is 18.7. The first kappa shape index (κ1) is 21.5. The van der Waals surface area contributed by atoms with E-state index < -0.39 is 0 Å². The van der Waals surface area contributed by atoms with E-state index >= 15 is 0 Å². The van der Waals surface area contributed by atoms with Gasteiger partial charge in [0.15, 0.2) is 5.78 Å². The number of ketones is 1. The van der Waals surface area contributed by atoms with E-state index in [2.05, 4.69) is 41.3 Å². The van der Waals surface area contributed by atoms with Gasteiger partial charge in [-0.05, 0) is 30.5 Å². The van der Waals surface area contributed by atoms with E-state index in [0.29, 0.717) is 35.1 Å². The summed E-state index contributed by atoms with van der Waals surface area (Å²) in [7, 11) is 3.25. The van der Waals surface area contributed by atoms with Crippen molar-refractivity contribution >= 4 is 23.3 Å². The first-order valence-corrected chi connectivity index (χ1v) is 11.7. The Hall–Kier alpha value is -3.39. The van der Waals surface area contributed by atoms with Gasteiger partial charge in [-0.25, -0.2) is 9.50 Å². The number of ether oxygens (including phenoxy) is 2. The minimum atomic E-state index is -0.0149. The molecule has 7 nitrogen and oxygen atoms in total. The Morgan fingerprint density at radius 2 is 1.97 bits per heavy atom. The highest BCUT2D eigenvalue weighted by Crippen LogP contribution is 2.38.